The highest BCUT2D eigenvalue weighted by Gasteiger charge is 2.47. The standard InChI is InChI=1S/C17H15N3O4/c1-17(16(23)20-12-7-2-3-8-13(12)24-17)15(22)19-11-6-4-5-10(9-11)14(18)21/h2-9H,1H3,(H2,18,21)(H,19,22)(H,20,23)/t17-/m1/s1. The maximum atomic E-state index is 12.6. The smallest absolute Gasteiger partial charge is 0.278 e. The number of benzene rings is 2. The lowest BCUT2D eigenvalue weighted by atomic mass is 10.0. The fourth-order valence-electron chi connectivity index (χ4n) is 2.32. The number of hydrogen-bond donors (Lipinski definition) is 3. The Morgan fingerprint density at radius 1 is 1.17 bits per heavy atom. The number of primary amides is 1. The van der Waals surface area contributed by atoms with E-state index in [1.54, 1.807) is 36.4 Å². The number of carbonyl (C=O) groups excluding carboxylic acids is 3. The summed E-state index contributed by atoms with van der Waals surface area (Å²) in [4.78, 5) is 36.1. The summed E-state index contributed by atoms with van der Waals surface area (Å²) in [5, 5.41) is 5.22. The molecule has 0 saturated carbocycles. The Bertz CT molecular complexity index is 849. The van der Waals surface area contributed by atoms with Crippen molar-refractivity contribution in [2.45, 2.75) is 12.5 Å². The van der Waals surface area contributed by atoms with Crippen LogP contribution in [0.2, 0.25) is 0 Å². The molecule has 4 N–H and O–H groups in total. The molecule has 0 aromatic heterocycles. The van der Waals surface area contributed by atoms with Crippen molar-refractivity contribution in [2.75, 3.05) is 10.6 Å². The number of nitrogens with one attached hydrogen (secondary N) is 2. The zero-order chi connectivity index (χ0) is 17.3. The molecule has 7 nitrogen and oxygen atoms in total. The van der Waals surface area contributed by atoms with E-state index in [-0.39, 0.29) is 5.56 Å². The van der Waals surface area contributed by atoms with Gasteiger partial charge in [-0.15, -0.1) is 0 Å². The van der Waals surface area contributed by atoms with Crippen molar-refractivity contribution in [1.82, 2.24) is 0 Å². The maximum absolute atomic E-state index is 12.6. The molecule has 0 unspecified atom stereocenters. The first-order valence-corrected chi connectivity index (χ1v) is 7.21. The van der Waals surface area contributed by atoms with Crippen LogP contribution in [0.1, 0.15) is 17.3 Å². The number of nitrogens with two attached hydrogens (primary N) is 1. The van der Waals surface area contributed by atoms with E-state index in [0.717, 1.165) is 0 Å². The number of amides is 3. The molecule has 122 valence electrons. The number of hydrogen-bond acceptors (Lipinski definition) is 4. The van der Waals surface area contributed by atoms with Crippen molar-refractivity contribution in [3.8, 4) is 5.75 Å². The minimum atomic E-state index is -1.74. The lowest BCUT2D eigenvalue weighted by Crippen LogP contribution is -2.56. The number of rotatable bonds is 3. The molecule has 0 fully saturated rings. The molecule has 7 heteroatoms. The van der Waals surface area contributed by atoms with Gasteiger partial charge in [-0.3, -0.25) is 14.4 Å². The van der Waals surface area contributed by atoms with Gasteiger partial charge in [0.05, 0.1) is 5.69 Å². The van der Waals surface area contributed by atoms with Gasteiger partial charge < -0.3 is 21.1 Å². The Hall–Kier alpha value is -3.35. The summed E-state index contributed by atoms with van der Waals surface area (Å²) in [5.41, 5.74) is 4.57. The largest absolute Gasteiger partial charge is 0.466 e. The van der Waals surface area contributed by atoms with Gasteiger partial charge in [-0.1, -0.05) is 18.2 Å². The molecule has 1 aliphatic rings. The summed E-state index contributed by atoms with van der Waals surface area (Å²) in [6.45, 7) is 1.38. The Kier molecular flexibility index (Phi) is 3.69. The molecular formula is C17H15N3O4. The van der Waals surface area contributed by atoms with E-state index in [1.165, 1.54) is 19.1 Å². The van der Waals surface area contributed by atoms with Crippen LogP contribution in [-0.4, -0.2) is 23.3 Å². The average Bonchev–Trinajstić information content (AvgIpc) is 2.56. The molecule has 1 aliphatic heterocycles. The Morgan fingerprint density at radius 3 is 2.67 bits per heavy atom. The monoisotopic (exact) mass is 325 g/mol. The van der Waals surface area contributed by atoms with E-state index in [9.17, 15) is 14.4 Å². The SMILES string of the molecule is C[C@]1(C(=O)Nc2cccc(C(N)=O)c2)Oc2ccccc2NC1=O. The summed E-state index contributed by atoms with van der Waals surface area (Å²) in [6, 6.07) is 13.0. The van der Waals surface area contributed by atoms with Crippen LogP contribution in [0.4, 0.5) is 11.4 Å². The Labute approximate surface area is 137 Å². The van der Waals surface area contributed by atoms with Crippen molar-refractivity contribution in [1.29, 1.82) is 0 Å². The minimum Gasteiger partial charge on any atom is -0.466 e. The van der Waals surface area contributed by atoms with E-state index in [1.807, 2.05) is 0 Å². The van der Waals surface area contributed by atoms with Crippen LogP contribution in [0.3, 0.4) is 0 Å². The quantitative estimate of drug-likeness (QED) is 0.743. The first-order valence-electron chi connectivity index (χ1n) is 7.21. The van der Waals surface area contributed by atoms with Crippen LogP contribution >= 0.6 is 0 Å². The zero-order valence-electron chi connectivity index (χ0n) is 12.8. The molecule has 3 amide bonds. The van der Waals surface area contributed by atoms with Crippen LogP contribution in [0.25, 0.3) is 0 Å². The molecule has 0 radical (unpaired) electrons. The number of para-hydroxylation sites is 2. The topological polar surface area (TPSA) is 111 Å². The fourth-order valence-corrected chi connectivity index (χ4v) is 2.32. The number of fused-ring (bicyclic) bond motifs is 1. The number of anilines is 2. The first kappa shape index (κ1) is 15.5. The average molecular weight is 325 g/mol. The summed E-state index contributed by atoms with van der Waals surface area (Å²) < 4.78 is 5.63. The Balaban J connectivity index is 1.85. The van der Waals surface area contributed by atoms with Crippen LogP contribution in [0.15, 0.2) is 48.5 Å². The van der Waals surface area contributed by atoms with E-state index in [2.05, 4.69) is 10.6 Å². The van der Waals surface area contributed by atoms with Crippen molar-refractivity contribution >= 4 is 29.1 Å². The molecular weight excluding hydrogens is 310 g/mol. The van der Waals surface area contributed by atoms with Gasteiger partial charge in [0.1, 0.15) is 5.75 Å². The van der Waals surface area contributed by atoms with Gasteiger partial charge in [-0.25, -0.2) is 0 Å². The Morgan fingerprint density at radius 2 is 1.92 bits per heavy atom. The van der Waals surface area contributed by atoms with E-state index >= 15 is 0 Å². The molecule has 1 atom stereocenters. The van der Waals surface area contributed by atoms with Crippen molar-refractivity contribution < 1.29 is 19.1 Å². The normalized spacial score (nSPS) is 18.8. The maximum Gasteiger partial charge on any atom is 0.278 e. The van der Waals surface area contributed by atoms with Gasteiger partial charge in [0.2, 0.25) is 5.91 Å². The predicted molar refractivity (Wildman–Crippen MR) is 87.7 cm³/mol. The van der Waals surface area contributed by atoms with Crippen molar-refractivity contribution in [2.24, 2.45) is 5.73 Å². The summed E-state index contributed by atoms with van der Waals surface area (Å²) in [5.74, 6) is -1.44. The molecule has 0 aliphatic carbocycles. The van der Waals surface area contributed by atoms with E-state index in [4.69, 9.17) is 10.5 Å². The fraction of sp³-hybridized carbons (Fsp3) is 0.118. The second kappa shape index (κ2) is 5.69. The molecule has 24 heavy (non-hydrogen) atoms. The van der Waals surface area contributed by atoms with Gasteiger partial charge >= 0.3 is 0 Å². The summed E-state index contributed by atoms with van der Waals surface area (Å²) in [7, 11) is 0. The minimum absolute atomic E-state index is 0.248. The molecule has 1 heterocycles. The summed E-state index contributed by atoms with van der Waals surface area (Å²) in [6.07, 6.45) is 0. The summed E-state index contributed by atoms with van der Waals surface area (Å²) >= 11 is 0. The second-order valence-electron chi connectivity index (χ2n) is 5.48. The highest BCUT2D eigenvalue weighted by Crippen LogP contribution is 2.33. The van der Waals surface area contributed by atoms with Gasteiger partial charge in [0, 0.05) is 11.3 Å². The highest BCUT2D eigenvalue weighted by atomic mass is 16.5. The third kappa shape index (κ3) is 2.67. The van der Waals surface area contributed by atoms with Gasteiger partial charge in [-0.05, 0) is 37.3 Å². The van der Waals surface area contributed by atoms with Gasteiger partial charge in [-0.2, -0.15) is 0 Å². The highest BCUT2D eigenvalue weighted by molar-refractivity contribution is 6.19. The van der Waals surface area contributed by atoms with Crippen LogP contribution in [0, 0.1) is 0 Å². The molecule has 2 aromatic rings. The molecule has 0 saturated heterocycles. The molecule has 2 aromatic carbocycles. The third-order valence-electron chi connectivity index (χ3n) is 3.72. The van der Waals surface area contributed by atoms with Gasteiger partial charge in [0.15, 0.2) is 0 Å². The van der Waals surface area contributed by atoms with E-state index < -0.39 is 23.3 Å². The number of carbonyl (C=O) groups is 3. The molecule has 0 bridgehead atoms. The third-order valence-corrected chi connectivity index (χ3v) is 3.72. The molecule has 0 spiro atoms. The van der Waals surface area contributed by atoms with Crippen LogP contribution < -0.4 is 21.1 Å². The van der Waals surface area contributed by atoms with Crippen molar-refractivity contribution in [3.05, 3.63) is 54.1 Å². The lowest BCUT2D eigenvalue weighted by Gasteiger charge is -2.33. The van der Waals surface area contributed by atoms with Crippen LogP contribution in [0.5, 0.6) is 5.75 Å². The van der Waals surface area contributed by atoms with E-state index in [0.29, 0.717) is 17.1 Å². The predicted octanol–water partition coefficient (Wildman–Crippen LogP) is 1.51. The lowest BCUT2D eigenvalue weighted by molar-refractivity contribution is -0.143. The van der Waals surface area contributed by atoms with Crippen LogP contribution in [-0.2, 0) is 9.59 Å². The molecule has 3 rings (SSSR count). The van der Waals surface area contributed by atoms with Gasteiger partial charge in [0.25, 0.3) is 17.4 Å². The number of ether oxygens (including phenoxy) is 1. The second-order valence-corrected chi connectivity index (χ2v) is 5.48. The van der Waals surface area contributed by atoms with Crippen molar-refractivity contribution in [3.63, 3.8) is 0 Å². The zero-order valence-corrected chi connectivity index (χ0v) is 12.8. The first-order chi connectivity index (χ1) is 11.4.